The summed E-state index contributed by atoms with van der Waals surface area (Å²) in [6.07, 6.45) is 3.17. The van der Waals surface area contributed by atoms with Crippen LogP contribution in [0.2, 0.25) is 0 Å². The first-order chi connectivity index (χ1) is 14.9. The minimum absolute atomic E-state index is 0.178. The van der Waals surface area contributed by atoms with Crippen LogP contribution in [0.5, 0.6) is 5.75 Å². The van der Waals surface area contributed by atoms with Crippen molar-refractivity contribution in [1.82, 2.24) is 10.0 Å². The maximum atomic E-state index is 13.0. The van der Waals surface area contributed by atoms with Crippen molar-refractivity contribution in [3.05, 3.63) is 42.5 Å². The monoisotopic (exact) mass is 454 g/mol. The van der Waals surface area contributed by atoms with Crippen LogP contribution in [0.4, 0.5) is 0 Å². The topological polar surface area (TPSA) is 103 Å². The SMILES string of the molecule is C=CC(=O)NS(=O)(=O)C(CCCC)c1ccccc1OC1CCNCC1OCCOC. The average molecular weight is 455 g/mol. The number of ether oxygens (including phenoxy) is 3. The fourth-order valence-corrected chi connectivity index (χ4v) is 5.04. The van der Waals surface area contributed by atoms with Crippen LogP contribution in [0.1, 0.15) is 43.4 Å². The quantitative estimate of drug-likeness (QED) is 0.348. The van der Waals surface area contributed by atoms with Crippen molar-refractivity contribution in [1.29, 1.82) is 0 Å². The highest BCUT2D eigenvalue weighted by Gasteiger charge is 2.33. The van der Waals surface area contributed by atoms with Crippen LogP contribution in [-0.2, 0) is 24.3 Å². The van der Waals surface area contributed by atoms with Crippen molar-refractivity contribution in [2.45, 2.75) is 50.1 Å². The van der Waals surface area contributed by atoms with E-state index in [0.29, 0.717) is 43.9 Å². The summed E-state index contributed by atoms with van der Waals surface area (Å²) in [7, 11) is -2.34. The molecule has 8 nitrogen and oxygen atoms in total. The fourth-order valence-electron chi connectivity index (χ4n) is 3.53. The number of unbranched alkanes of at least 4 members (excludes halogenated alkanes) is 1. The number of benzene rings is 1. The number of nitrogens with one attached hydrogen (secondary N) is 2. The van der Waals surface area contributed by atoms with Gasteiger partial charge in [0.05, 0.1) is 13.2 Å². The van der Waals surface area contributed by atoms with Gasteiger partial charge in [0.25, 0.3) is 5.91 Å². The van der Waals surface area contributed by atoms with Crippen LogP contribution < -0.4 is 14.8 Å². The molecule has 0 aromatic heterocycles. The Morgan fingerprint density at radius 2 is 2.10 bits per heavy atom. The van der Waals surface area contributed by atoms with Crippen LogP contribution in [0.15, 0.2) is 36.9 Å². The van der Waals surface area contributed by atoms with E-state index in [1.807, 2.05) is 13.0 Å². The normalized spacial score (nSPS) is 20.1. The Kier molecular flexibility index (Phi) is 10.5. The molecule has 1 amide bonds. The second-order valence-corrected chi connectivity index (χ2v) is 9.30. The van der Waals surface area contributed by atoms with Crippen molar-refractivity contribution < 1.29 is 27.4 Å². The van der Waals surface area contributed by atoms with Crippen molar-refractivity contribution >= 4 is 15.9 Å². The molecular weight excluding hydrogens is 420 g/mol. The van der Waals surface area contributed by atoms with Gasteiger partial charge >= 0.3 is 0 Å². The van der Waals surface area contributed by atoms with Gasteiger partial charge in [-0.05, 0) is 31.5 Å². The Bertz CT molecular complexity index is 814. The molecule has 0 radical (unpaired) electrons. The lowest BCUT2D eigenvalue weighted by Crippen LogP contribution is -2.48. The largest absolute Gasteiger partial charge is 0.487 e. The molecule has 2 N–H and O–H groups in total. The molecule has 2 rings (SSSR count). The van der Waals surface area contributed by atoms with E-state index in [2.05, 4.69) is 16.6 Å². The highest BCUT2D eigenvalue weighted by atomic mass is 32.2. The molecule has 0 aliphatic carbocycles. The smallest absolute Gasteiger partial charge is 0.256 e. The Morgan fingerprint density at radius 1 is 1.32 bits per heavy atom. The Morgan fingerprint density at radius 3 is 2.81 bits per heavy atom. The molecule has 1 aromatic rings. The van der Waals surface area contributed by atoms with Gasteiger partial charge in [-0.1, -0.05) is 44.5 Å². The van der Waals surface area contributed by atoms with Gasteiger partial charge in [0.2, 0.25) is 10.0 Å². The molecule has 1 aromatic carbocycles. The molecule has 1 heterocycles. The Labute approximate surface area is 185 Å². The number of para-hydroxylation sites is 1. The summed E-state index contributed by atoms with van der Waals surface area (Å²) in [5, 5.41) is 2.38. The molecule has 31 heavy (non-hydrogen) atoms. The third kappa shape index (κ3) is 7.60. The lowest BCUT2D eigenvalue weighted by atomic mass is 10.0. The first-order valence-electron chi connectivity index (χ1n) is 10.7. The maximum Gasteiger partial charge on any atom is 0.256 e. The highest BCUT2D eigenvalue weighted by Crippen LogP contribution is 2.35. The first-order valence-corrected chi connectivity index (χ1v) is 12.2. The zero-order chi connectivity index (χ0) is 22.7. The van der Waals surface area contributed by atoms with E-state index in [4.69, 9.17) is 14.2 Å². The molecule has 1 aliphatic heterocycles. The molecule has 174 valence electrons. The summed E-state index contributed by atoms with van der Waals surface area (Å²) in [6.45, 7) is 7.69. The van der Waals surface area contributed by atoms with E-state index in [9.17, 15) is 13.2 Å². The summed E-state index contributed by atoms with van der Waals surface area (Å²) in [6, 6.07) is 7.11. The molecule has 1 fully saturated rings. The average Bonchev–Trinajstić information content (AvgIpc) is 2.76. The summed E-state index contributed by atoms with van der Waals surface area (Å²) >= 11 is 0. The van der Waals surface area contributed by atoms with Crippen molar-refractivity contribution in [2.75, 3.05) is 33.4 Å². The zero-order valence-electron chi connectivity index (χ0n) is 18.3. The van der Waals surface area contributed by atoms with Gasteiger partial charge in [0, 0.05) is 19.2 Å². The third-order valence-corrected chi connectivity index (χ3v) is 6.88. The molecule has 9 heteroatoms. The third-order valence-electron chi connectivity index (χ3n) is 5.15. The maximum absolute atomic E-state index is 13.0. The lowest BCUT2D eigenvalue weighted by Gasteiger charge is -2.33. The number of rotatable bonds is 13. The molecule has 3 unspecified atom stereocenters. The summed E-state index contributed by atoms with van der Waals surface area (Å²) in [5.41, 5.74) is 0.537. The zero-order valence-corrected chi connectivity index (χ0v) is 19.2. The number of amides is 1. The van der Waals surface area contributed by atoms with Crippen molar-refractivity contribution in [3.63, 3.8) is 0 Å². The fraction of sp³-hybridized carbons (Fsp3) is 0.591. The van der Waals surface area contributed by atoms with Crippen LogP contribution in [0.25, 0.3) is 0 Å². The number of piperidine rings is 1. The van der Waals surface area contributed by atoms with Crippen LogP contribution in [-0.4, -0.2) is 59.9 Å². The van der Waals surface area contributed by atoms with Crippen molar-refractivity contribution in [2.24, 2.45) is 0 Å². The second-order valence-electron chi connectivity index (χ2n) is 7.44. The molecule has 3 atom stereocenters. The number of methoxy groups -OCH3 is 1. The summed E-state index contributed by atoms with van der Waals surface area (Å²) < 4.78 is 45.4. The number of carbonyl (C=O) groups excluding carboxylic acids is 1. The van der Waals surface area contributed by atoms with Crippen LogP contribution >= 0.6 is 0 Å². The number of carbonyl (C=O) groups is 1. The standard InChI is InChI=1S/C22H34N2O6S/c1-4-6-11-21(31(26,27)24-22(25)5-2)17-9-7-8-10-18(17)30-19-12-13-23-16-20(19)29-15-14-28-3/h5,7-10,19-21,23H,2,4,6,11-16H2,1,3H3,(H,24,25). The minimum atomic E-state index is -3.96. The lowest BCUT2D eigenvalue weighted by molar-refractivity contribution is -0.114. The van der Waals surface area contributed by atoms with E-state index in [0.717, 1.165) is 25.5 Å². The van der Waals surface area contributed by atoms with Gasteiger partial charge in [-0.25, -0.2) is 13.1 Å². The number of hydrogen-bond donors (Lipinski definition) is 2. The van der Waals surface area contributed by atoms with Gasteiger partial charge in [0.1, 0.15) is 23.2 Å². The van der Waals surface area contributed by atoms with Gasteiger partial charge in [0.15, 0.2) is 0 Å². The minimum Gasteiger partial charge on any atom is -0.487 e. The number of hydrogen-bond acceptors (Lipinski definition) is 7. The molecule has 0 bridgehead atoms. The number of sulfonamides is 1. The van der Waals surface area contributed by atoms with Gasteiger partial charge in [-0.3, -0.25) is 4.79 Å². The molecule has 0 saturated carbocycles. The second kappa shape index (κ2) is 12.8. The van der Waals surface area contributed by atoms with Gasteiger partial charge in [-0.15, -0.1) is 0 Å². The van der Waals surface area contributed by atoms with E-state index < -0.39 is 21.2 Å². The predicted octanol–water partition coefficient (Wildman–Crippen LogP) is 2.32. The van der Waals surface area contributed by atoms with Gasteiger partial charge in [-0.2, -0.15) is 0 Å². The van der Waals surface area contributed by atoms with Crippen molar-refractivity contribution in [3.8, 4) is 5.75 Å². The predicted molar refractivity (Wildman–Crippen MR) is 119 cm³/mol. The van der Waals surface area contributed by atoms with Gasteiger partial charge < -0.3 is 19.5 Å². The van der Waals surface area contributed by atoms with E-state index in [1.165, 1.54) is 0 Å². The molecular formula is C22H34N2O6S. The Hall–Kier alpha value is -1.94. The summed E-state index contributed by atoms with van der Waals surface area (Å²) in [4.78, 5) is 11.7. The highest BCUT2D eigenvalue weighted by molar-refractivity contribution is 7.90. The Balaban J connectivity index is 2.29. The van der Waals surface area contributed by atoms with E-state index in [1.54, 1.807) is 25.3 Å². The molecule has 0 spiro atoms. The summed E-state index contributed by atoms with van der Waals surface area (Å²) in [5.74, 6) is -0.253. The first kappa shape index (κ1) is 25.3. The molecule has 1 saturated heterocycles. The van der Waals surface area contributed by atoms with Crippen LogP contribution in [0, 0.1) is 0 Å². The molecule has 1 aliphatic rings. The van der Waals surface area contributed by atoms with E-state index >= 15 is 0 Å². The van der Waals surface area contributed by atoms with Crippen LogP contribution in [0.3, 0.4) is 0 Å². The van der Waals surface area contributed by atoms with E-state index in [-0.39, 0.29) is 12.2 Å².